The SMILES string of the molecule is C/C(=N\N=C(N)N)c1ccc(C2CCCCC2)cc1. The van der Waals surface area contributed by atoms with Crippen LogP contribution in [0.15, 0.2) is 34.5 Å². The molecule has 4 nitrogen and oxygen atoms in total. The third kappa shape index (κ3) is 3.81. The van der Waals surface area contributed by atoms with Crippen LogP contribution in [0, 0.1) is 0 Å². The lowest BCUT2D eigenvalue weighted by Gasteiger charge is -2.22. The molecule has 19 heavy (non-hydrogen) atoms. The Morgan fingerprint density at radius 3 is 2.21 bits per heavy atom. The summed E-state index contributed by atoms with van der Waals surface area (Å²) >= 11 is 0. The van der Waals surface area contributed by atoms with E-state index in [0.29, 0.717) is 0 Å². The molecule has 0 amide bonds. The molecule has 1 aliphatic carbocycles. The number of hydrogen-bond donors (Lipinski definition) is 2. The highest BCUT2D eigenvalue weighted by molar-refractivity contribution is 5.99. The Morgan fingerprint density at radius 1 is 1.00 bits per heavy atom. The van der Waals surface area contributed by atoms with Gasteiger partial charge >= 0.3 is 0 Å². The van der Waals surface area contributed by atoms with Gasteiger partial charge in [0.25, 0.3) is 0 Å². The zero-order valence-corrected chi connectivity index (χ0v) is 11.5. The van der Waals surface area contributed by atoms with Crippen molar-refractivity contribution < 1.29 is 0 Å². The zero-order chi connectivity index (χ0) is 13.7. The van der Waals surface area contributed by atoms with Crippen molar-refractivity contribution >= 4 is 11.7 Å². The molecule has 0 radical (unpaired) electrons. The summed E-state index contributed by atoms with van der Waals surface area (Å²) in [4.78, 5) is 0. The average Bonchev–Trinajstić information content (AvgIpc) is 2.46. The third-order valence-corrected chi connectivity index (χ3v) is 3.72. The Bertz CT molecular complexity index is 463. The summed E-state index contributed by atoms with van der Waals surface area (Å²) in [6.07, 6.45) is 6.74. The summed E-state index contributed by atoms with van der Waals surface area (Å²) in [6, 6.07) is 8.62. The van der Waals surface area contributed by atoms with E-state index in [1.54, 1.807) is 0 Å². The minimum Gasteiger partial charge on any atom is -0.369 e. The molecule has 0 bridgehead atoms. The quantitative estimate of drug-likeness (QED) is 0.497. The van der Waals surface area contributed by atoms with Crippen molar-refractivity contribution in [1.29, 1.82) is 0 Å². The number of nitrogens with zero attached hydrogens (tertiary/aromatic N) is 2. The lowest BCUT2D eigenvalue weighted by Crippen LogP contribution is -2.22. The smallest absolute Gasteiger partial charge is 0.211 e. The van der Waals surface area contributed by atoms with Crippen LogP contribution in [0.25, 0.3) is 0 Å². The predicted molar refractivity (Wildman–Crippen MR) is 80.3 cm³/mol. The van der Waals surface area contributed by atoms with Gasteiger partial charge in [0, 0.05) is 0 Å². The van der Waals surface area contributed by atoms with E-state index in [0.717, 1.165) is 17.2 Å². The van der Waals surface area contributed by atoms with Gasteiger partial charge in [0.2, 0.25) is 5.96 Å². The van der Waals surface area contributed by atoms with Crippen molar-refractivity contribution in [3.05, 3.63) is 35.4 Å². The number of nitrogens with two attached hydrogens (primary N) is 2. The van der Waals surface area contributed by atoms with Gasteiger partial charge in [0.05, 0.1) is 5.71 Å². The van der Waals surface area contributed by atoms with Crippen LogP contribution in [0.1, 0.15) is 56.1 Å². The van der Waals surface area contributed by atoms with Gasteiger partial charge in [-0.15, -0.1) is 5.10 Å². The fourth-order valence-electron chi connectivity index (χ4n) is 2.62. The molecular weight excluding hydrogens is 236 g/mol. The first-order valence-corrected chi connectivity index (χ1v) is 6.90. The van der Waals surface area contributed by atoms with Crippen molar-refractivity contribution in [3.63, 3.8) is 0 Å². The summed E-state index contributed by atoms with van der Waals surface area (Å²) in [5.74, 6) is 0.718. The molecule has 0 aliphatic heterocycles. The number of benzene rings is 1. The lowest BCUT2D eigenvalue weighted by molar-refractivity contribution is 0.443. The molecule has 1 aliphatic rings. The van der Waals surface area contributed by atoms with Crippen LogP contribution in [-0.4, -0.2) is 11.7 Å². The van der Waals surface area contributed by atoms with E-state index in [4.69, 9.17) is 11.5 Å². The molecule has 0 saturated heterocycles. The minimum absolute atomic E-state index is 0.0156. The monoisotopic (exact) mass is 258 g/mol. The summed E-state index contributed by atoms with van der Waals surface area (Å²) in [5.41, 5.74) is 13.8. The summed E-state index contributed by atoms with van der Waals surface area (Å²) in [6.45, 7) is 1.90. The van der Waals surface area contributed by atoms with E-state index in [-0.39, 0.29) is 5.96 Å². The van der Waals surface area contributed by atoms with Crippen LogP contribution in [-0.2, 0) is 0 Å². The highest BCUT2D eigenvalue weighted by Gasteiger charge is 2.15. The molecule has 2 rings (SSSR count). The fraction of sp³-hybridized carbons (Fsp3) is 0.467. The first-order chi connectivity index (χ1) is 9.16. The molecule has 1 aromatic rings. The van der Waals surface area contributed by atoms with Gasteiger partial charge in [-0.25, -0.2) is 0 Å². The maximum absolute atomic E-state index is 5.26. The van der Waals surface area contributed by atoms with E-state index < -0.39 is 0 Å². The van der Waals surface area contributed by atoms with Crippen LogP contribution in [0.2, 0.25) is 0 Å². The van der Waals surface area contributed by atoms with Crippen LogP contribution in [0.3, 0.4) is 0 Å². The standard InChI is InChI=1S/C15H22N4/c1-11(18-19-15(16)17)12-7-9-14(10-8-12)13-5-3-2-4-6-13/h7-10,13H,2-6H2,1H3,(H4,16,17,19)/b18-11+. The minimum atomic E-state index is -0.0156. The summed E-state index contributed by atoms with van der Waals surface area (Å²) in [5, 5.41) is 7.66. The first kappa shape index (κ1) is 13.6. The van der Waals surface area contributed by atoms with Crippen LogP contribution < -0.4 is 11.5 Å². The van der Waals surface area contributed by atoms with Crippen molar-refractivity contribution in [3.8, 4) is 0 Å². The van der Waals surface area contributed by atoms with Gasteiger partial charge in [0.1, 0.15) is 0 Å². The largest absolute Gasteiger partial charge is 0.369 e. The summed E-state index contributed by atoms with van der Waals surface area (Å²) in [7, 11) is 0. The molecule has 0 heterocycles. The van der Waals surface area contributed by atoms with Gasteiger partial charge in [-0.3, -0.25) is 0 Å². The maximum Gasteiger partial charge on any atom is 0.211 e. The van der Waals surface area contributed by atoms with Crippen LogP contribution >= 0.6 is 0 Å². The average molecular weight is 258 g/mol. The number of hydrogen-bond acceptors (Lipinski definition) is 2. The van der Waals surface area contributed by atoms with E-state index in [1.165, 1.54) is 37.7 Å². The fourth-order valence-corrected chi connectivity index (χ4v) is 2.62. The molecule has 0 aromatic heterocycles. The van der Waals surface area contributed by atoms with Crippen molar-refractivity contribution in [2.24, 2.45) is 21.7 Å². The summed E-state index contributed by atoms with van der Waals surface area (Å²) < 4.78 is 0. The van der Waals surface area contributed by atoms with Gasteiger partial charge in [-0.2, -0.15) is 5.10 Å². The second-order valence-corrected chi connectivity index (χ2v) is 5.17. The Labute approximate surface area is 114 Å². The molecule has 1 fully saturated rings. The van der Waals surface area contributed by atoms with Gasteiger partial charge in [0.15, 0.2) is 0 Å². The topological polar surface area (TPSA) is 76.8 Å². The molecule has 102 valence electrons. The third-order valence-electron chi connectivity index (χ3n) is 3.72. The second kappa shape index (κ2) is 6.36. The normalized spacial score (nSPS) is 17.2. The van der Waals surface area contributed by atoms with Gasteiger partial charge < -0.3 is 11.5 Å². The molecule has 0 atom stereocenters. The second-order valence-electron chi connectivity index (χ2n) is 5.17. The Balaban J connectivity index is 2.09. The highest BCUT2D eigenvalue weighted by Crippen LogP contribution is 2.32. The van der Waals surface area contributed by atoms with E-state index in [2.05, 4.69) is 34.5 Å². The van der Waals surface area contributed by atoms with Crippen LogP contribution in [0.5, 0.6) is 0 Å². The zero-order valence-electron chi connectivity index (χ0n) is 11.5. The lowest BCUT2D eigenvalue weighted by atomic mass is 9.84. The van der Waals surface area contributed by atoms with E-state index in [1.807, 2.05) is 6.92 Å². The van der Waals surface area contributed by atoms with Crippen molar-refractivity contribution in [2.45, 2.75) is 44.9 Å². The maximum atomic E-state index is 5.26. The van der Waals surface area contributed by atoms with Gasteiger partial charge in [-0.05, 0) is 36.8 Å². The van der Waals surface area contributed by atoms with E-state index in [9.17, 15) is 0 Å². The predicted octanol–water partition coefficient (Wildman–Crippen LogP) is 2.73. The molecule has 1 aromatic carbocycles. The highest BCUT2D eigenvalue weighted by atomic mass is 15.3. The molecule has 0 spiro atoms. The number of guanidine groups is 1. The molecule has 4 N–H and O–H groups in total. The molecular formula is C15H22N4. The van der Waals surface area contributed by atoms with E-state index >= 15 is 0 Å². The van der Waals surface area contributed by atoms with Crippen molar-refractivity contribution in [2.75, 3.05) is 0 Å². The Morgan fingerprint density at radius 2 is 1.63 bits per heavy atom. The van der Waals surface area contributed by atoms with Crippen LogP contribution in [0.4, 0.5) is 0 Å². The van der Waals surface area contributed by atoms with Crippen molar-refractivity contribution in [1.82, 2.24) is 0 Å². The Kier molecular flexibility index (Phi) is 4.55. The first-order valence-electron chi connectivity index (χ1n) is 6.90. The molecule has 0 unspecified atom stereocenters. The molecule has 4 heteroatoms. The number of rotatable bonds is 3. The Hall–Kier alpha value is -1.84. The molecule has 1 saturated carbocycles. The van der Waals surface area contributed by atoms with Gasteiger partial charge in [-0.1, -0.05) is 43.5 Å².